The number of amides is 3. The van der Waals surface area contributed by atoms with Gasteiger partial charge >= 0.3 is 5.97 Å². The fourth-order valence-electron chi connectivity index (χ4n) is 5.51. The number of benzene rings is 2. The molecular weight excluding hydrogens is 552 g/mol. The summed E-state index contributed by atoms with van der Waals surface area (Å²) in [6.45, 7) is 0.761. The molecule has 4 unspecified atom stereocenters. The fourth-order valence-corrected chi connectivity index (χ4v) is 5.51. The van der Waals surface area contributed by atoms with Gasteiger partial charge in [0.1, 0.15) is 23.9 Å². The summed E-state index contributed by atoms with van der Waals surface area (Å²) in [6.07, 6.45) is 4.49. The molecule has 4 rings (SSSR count). The Hall–Kier alpha value is -4.42. The summed E-state index contributed by atoms with van der Waals surface area (Å²) in [5.41, 5.74) is 14.4. The number of nitrogens with zero attached hydrogens (tertiary/aromatic N) is 1. The monoisotopic (exact) mass is 592 g/mol. The van der Waals surface area contributed by atoms with E-state index in [4.69, 9.17) is 11.5 Å². The second kappa shape index (κ2) is 14.7. The third-order valence-corrected chi connectivity index (χ3v) is 7.84. The zero-order chi connectivity index (χ0) is 30.9. The predicted molar refractivity (Wildman–Crippen MR) is 161 cm³/mol. The van der Waals surface area contributed by atoms with E-state index >= 15 is 0 Å². The van der Waals surface area contributed by atoms with Crippen LogP contribution in [0, 0.1) is 0 Å². The number of fused-ring (bicyclic) bond motifs is 1. The number of carbonyl (C=O) groups excluding carboxylic acids is 3. The van der Waals surface area contributed by atoms with Crippen molar-refractivity contribution in [3.05, 3.63) is 65.9 Å². The van der Waals surface area contributed by atoms with Crippen LogP contribution in [0.1, 0.15) is 43.2 Å². The van der Waals surface area contributed by atoms with Gasteiger partial charge in [0.2, 0.25) is 17.7 Å². The molecule has 1 aliphatic heterocycles. The molecule has 0 bridgehead atoms. The highest BCUT2D eigenvalue weighted by atomic mass is 16.4. The first-order valence-corrected chi connectivity index (χ1v) is 14.6. The van der Waals surface area contributed by atoms with Crippen molar-refractivity contribution in [2.75, 3.05) is 13.1 Å². The molecule has 1 fully saturated rings. The fraction of sp³-hybridized carbons (Fsp3) is 0.419. The zero-order valence-corrected chi connectivity index (χ0v) is 24.0. The highest BCUT2D eigenvalue weighted by molar-refractivity contribution is 5.95. The van der Waals surface area contributed by atoms with Crippen LogP contribution in [0.4, 0.5) is 0 Å². The van der Waals surface area contributed by atoms with E-state index in [9.17, 15) is 29.4 Å². The lowest BCUT2D eigenvalue weighted by Crippen LogP contribution is -2.57. The van der Waals surface area contributed by atoms with E-state index < -0.39 is 42.0 Å². The van der Waals surface area contributed by atoms with E-state index in [2.05, 4.69) is 15.6 Å². The van der Waals surface area contributed by atoms with Crippen molar-refractivity contribution < 1.29 is 29.4 Å². The van der Waals surface area contributed by atoms with Gasteiger partial charge in [0.05, 0.1) is 6.04 Å². The largest absolute Gasteiger partial charge is 0.508 e. The number of phenolic OH excluding ortho intramolecular Hbond substituents is 1. The molecule has 3 aromatic rings. The van der Waals surface area contributed by atoms with Crippen LogP contribution < -0.4 is 22.1 Å². The second-order valence-corrected chi connectivity index (χ2v) is 11.0. The molecule has 0 spiro atoms. The number of unbranched alkanes of at least 4 members (excludes halogenated alkanes) is 1. The van der Waals surface area contributed by atoms with Crippen LogP contribution in [0.25, 0.3) is 10.9 Å². The number of nitrogens with one attached hydrogen (secondary N) is 3. The molecule has 0 radical (unpaired) electrons. The molecule has 3 amide bonds. The van der Waals surface area contributed by atoms with Gasteiger partial charge in [-0.1, -0.05) is 30.3 Å². The molecule has 1 aromatic heterocycles. The third-order valence-electron chi connectivity index (χ3n) is 7.84. The van der Waals surface area contributed by atoms with Gasteiger partial charge in [0, 0.05) is 30.1 Å². The highest BCUT2D eigenvalue weighted by Gasteiger charge is 2.38. The Bertz CT molecular complexity index is 1420. The highest BCUT2D eigenvalue weighted by Crippen LogP contribution is 2.22. The molecule has 0 aliphatic carbocycles. The number of nitrogens with two attached hydrogens (primary N) is 2. The second-order valence-electron chi connectivity index (χ2n) is 11.0. The topological polar surface area (TPSA) is 204 Å². The molecule has 12 heteroatoms. The van der Waals surface area contributed by atoms with Crippen LogP contribution in [0.15, 0.2) is 54.7 Å². The number of hydrogen-bond donors (Lipinski definition) is 7. The van der Waals surface area contributed by atoms with Crippen molar-refractivity contribution in [1.82, 2.24) is 20.5 Å². The first-order chi connectivity index (χ1) is 20.7. The first-order valence-electron chi connectivity index (χ1n) is 14.6. The number of aromatic amines is 1. The van der Waals surface area contributed by atoms with Crippen LogP contribution in [-0.4, -0.2) is 81.0 Å². The first kappa shape index (κ1) is 31.5. The lowest BCUT2D eigenvalue weighted by molar-refractivity contribution is -0.143. The number of carboxylic acids is 1. The van der Waals surface area contributed by atoms with Crippen molar-refractivity contribution in [2.45, 2.75) is 69.1 Å². The van der Waals surface area contributed by atoms with E-state index in [0.717, 1.165) is 16.5 Å². The minimum Gasteiger partial charge on any atom is -0.508 e. The molecule has 230 valence electrons. The standard InChI is InChI=1S/C31H40N6O6/c32-14-4-3-8-25(31(42)43)35-28(39)26(16-19-10-12-21(38)13-11-19)36-29(40)27-9-5-15-37(27)30(41)23(33)17-20-18-34-24-7-2-1-6-22(20)24/h1-2,6-7,10-13,18,23,25-27,34,38H,3-5,8-9,14-17,32-33H2,(H,35,39)(H,36,40)(H,42,43). The Morgan fingerprint density at radius 2 is 1.74 bits per heavy atom. The van der Waals surface area contributed by atoms with E-state index in [1.165, 1.54) is 17.0 Å². The minimum atomic E-state index is -1.18. The number of rotatable bonds is 14. The molecule has 12 nitrogen and oxygen atoms in total. The number of phenols is 1. The summed E-state index contributed by atoms with van der Waals surface area (Å²) in [7, 11) is 0. The van der Waals surface area contributed by atoms with Crippen LogP contribution in [0.5, 0.6) is 5.75 Å². The number of aromatic hydroxyl groups is 1. The van der Waals surface area contributed by atoms with Crippen LogP contribution in [-0.2, 0) is 32.0 Å². The van der Waals surface area contributed by atoms with E-state index in [0.29, 0.717) is 50.8 Å². The van der Waals surface area contributed by atoms with Gasteiger partial charge in [-0.15, -0.1) is 0 Å². The van der Waals surface area contributed by atoms with Crippen molar-refractivity contribution in [2.24, 2.45) is 11.5 Å². The Balaban J connectivity index is 1.46. The average molecular weight is 593 g/mol. The smallest absolute Gasteiger partial charge is 0.326 e. The predicted octanol–water partition coefficient (Wildman–Crippen LogP) is 1.16. The molecule has 43 heavy (non-hydrogen) atoms. The summed E-state index contributed by atoms with van der Waals surface area (Å²) in [5.74, 6) is -2.67. The Labute approximate surface area is 249 Å². The summed E-state index contributed by atoms with van der Waals surface area (Å²) in [4.78, 5) is 56.8. The zero-order valence-electron chi connectivity index (χ0n) is 24.0. The lowest BCUT2D eigenvalue weighted by atomic mass is 10.0. The summed E-state index contributed by atoms with van der Waals surface area (Å²) >= 11 is 0. The number of H-pyrrole nitrogens is 1. The summed E-state index contributed by atoms with van der Waals surface area (Å²) in [6, 6.07) is 9.93. The number of aromatic nitrogens is 1. The molecule has 0 saturated carbocycles. The molecule has 1 aliphatic rings. The number of para-hydroxylation sites is 1. The summed E-state index contributed by atoms with van der Waals surface area (Å²) < 4.78 is 0. The van der Waals surface area contributed by atoms with E-state index in [-0.39, 0.29) is 24.5 Å². The SMILES string of the molecule is NCCCCC(NC(=O)C(Cc1ccc(O)cc1)NC(=O)C1CCCN1C(=O)C(N)Cc1c[nH]c2ccccc12)C(=O)O. The van der Waals surface area contributed by atoms with Gasteiger partial charge in [0.15, 0.2) is 0 Å². The Morgan fingerprint density at radius 1 is 1.00 bits per heavy atom. The van der Waals surface area contributed by atoms with Crippen LogP contribution >= 0.6 is 0 Å². The van der Waals surface area contributed by atoms with E-state index in [1.54, 1.807) is 12.1 Å². The molecule has 2 heterocycles. The number of carbonyl (C=O) groups is 4. The quantitative estimate of drug-likeness (QED) is 0.135. The van der Waals surface area contributed by atoms with Crippen molar-refractivity contribution in [3.63, 3.8) is 0 Å². The van der Waals surface area contributed by atoms with Crippen molar-refractivity contribution in [3.8, 4) is 5.75 Å². The summed E-state index contributed by atoms with van der Waals surface area (Å²) in [5, 5.41) is 25.6. The normalized spacial score (nSPS) is 16.9. The van der Waals surface area contributed by atoms with Crippen LogP contribution in [0.2, 0.25) is 0 Å². The minimum absolute atomic E-state index is 0.0451. The lowest BCUT2D eigenvalue weighted by Gasteiger charge is -2.29. The van der Waals surface area contributed by atoms with E-state index in [1.807, 2.05) is 30.5 Å². The Morgan fingerprint density at radius 3 is 2.47 bits per heavy atom. The van der Waals surface area contributed by atoms with Gasteiger partial charge < -0.3 is 42.2 Å². The van der Waals surface area contributed by atoms with Crippen molar-refractivity contribution in [1.29, 1.82) is 0 Å². The molecule has 2 aromatic carbocycles. The van der Waals surface area contributed by atoms with Crippen molar-refractivity contribution >= 4 is 34.6 Å². The number of carboxylic acid groups (broad SMARTS) is 1. The maximum Gasteiger partial charge on any atom is 0.326 e. The van der Waals surface area contributed by atoms with Gasteiger partial charge in [-0.3, -0.25) is 14.4 Å². The molecule has 4 atom stereocenters. The number of aliphatic carboxylic acids is 1. The maximum absolute atomic E-state index is 13.6. The average Bonchev–Trinajstić information content (AvgIpc) is 3.65. The molecule has 9 N–H and O–H groups in total. The maximum atomic E-state index is 13.6. The third kappa shape index (κ3) is 8.11. The van der Waals surface area contributed by atoms with Crippen LogP contribution in [0.3, 0.4) is 0 Å². The van der Waals surface area contributed by atoms with Gasteiger partial charge in [-0.25, -0.2) is 4.79 Å². The van der Waals surface area contributed by atoms with Gasteiger partial charge in [-0.2, -0.15) is 0 Å². The van der Waals surface area contributed by atoms with Gasteiger partial charge in [0.25, 0.3) is 0 Å². The Kier molecular flexibility index (Phi) is 10.7. The molecule has 1 saturated heterocycles. The molecular formula is C31H40N6O6. The number of hydrogen-bond acceptors (Lipinski definition) is 7. The number of likely N-dealkylation sites (tertiary alicyclic amines) is 1. The van der Waals surface area contributed by atoms with Gasteiger partial charge in [-0.05, 0) is 74.4 Å².